The summed E-state index contributed by atoms with van der Waals surface area (Å²) in [5.74, 6) is -2.35. The van der Waals surface area contributed by atoms with E-state index in [0.717, 1.165) is 12.1 Å². The van der Waals surface area contributed by atoms with E-state index in [4.69, 9.17) is 0 Å². The van der Waals surface area contributed by atoms with Crippen LogP contribution in [0.15, 0.2) is 30.3 Å². The molecule has 0 spiro atoms. The van der Waals surface area contributed by atoms with Crippen LogP contribution in [0.1, 0.15) is 22.3 Å². The van der Waals surface area contributed by atoms with Crippen molar-refractivity contribution >= 4 is 17.8 Å². The van der Waals surface area contributed by atoms with Gasteiger partial charge in [-0.25, -0.2) is 0 Å². The van der Waals surface area contributed by atoms with Crippen LogP contribution in [-0.2, 0) is 9.53 Å². The molecule has 102 valence electrons. The van der Waals surface area contributed by atoms with E-state index in [1.165, 1.54) is 31.4 Å². The molecule has 0 unspecified atom stereocenters. The predicted molar refractivity (Wildman–Crippen MR) is 62.5 cm³/mol. The fourth-order valence-corrected chi connectivity index (χ4v) is 1.32. The van der Waals surface area contributed by atoms with Crippen LogP contribution in [0.25, 0.3) is 6.08 Å². The molecule has 0 atom stereocenters. The van der Waals surface area contributed by atoms with Gasteiger partial charge in [0.05, 0.1) is 13.5 Å². The number of ketones is 1. The minimum atomic E-state index is -4.89. The number of Topliss-reactive ketones (excluding diaryl/α,β-unsaturated/α-hetero) is 1. The normalized spacial score (nSPS) is 11.6. The lowest BCUT2D eigenvalue weighted by atomic mass is 10.1. The van der Waals surface area contributed by atoms with Crippen LogP contribution in [0.4, 0.5) is 13.2 Å². The van der Waals surface area contributed by atoms with Crippen LogP contribution >= 0.6 is 0 Å². The van der Waals surface area contributed by atoms with E-state index in [1.54, 1.807) is 0 Å². The van der Waals surface area contributed by atoms with Crippen molar-refractivity contribution in [3.63, 3.8) is 0 Å². The highest BCUT2D eigenvalue weighted by molar-refractivity contribution is 6.00. The second-order valence-electron chi connectivity index (χ2n) is 3.63. The number of rotatable bonds is 4. The van der Waals surface area contributed by atoms with E-state index >= 15 is 0 Å². The maximum absolute atomic E-state index is 12.2. The first kappa shape index (κ1) is 14.9. The van der Waals surface area contributed by atoms with Crippen LogP contribution in [-0.4, -0.2) is 25.0 Å². The highest BCUT2D eigenvalue weighted by Crippen LogP contribution is 2.22. The summed E-state index contributed by atoms with van der Waals surface area (Å²) in [6.45, 7) is 0. The van der Waals surface area contributed by atoms with Gasteiger partial charge >= 0.3 is 12.1 Å². The molecule has 0 N–H and O–H groups in total. The fraction of sp³-hybridized carbons (Fsp3) is 0.231. The average molecular weight is 272 g/mol. The number of hydrogen-bond donors (Lipinski definition) is 0. The third kappa shape index (κ3) is 4.57. The van der Waals surface area contributed by atoms with Gasteiger partial charge in [-0.2, -0.15) is 13.2 Å². The zero-order valence-corrected chi connectivity index (χ0v) is 10.0. The van der Waals surface area contributed by atoms with Crippen molar-refractivity contribution < 1.29 is 27.5 Å². The minimum absolute atomic E-state index is 0.00788. The predicted octanol–water partition coefficient (Wildman–Crippen LogP) is 3.01. The summed E-state index contributed by atoms with van der Waals surface area (Å²) in [4.78, 5) is 21.9. The highest BCUT2D eigenvalue weighted by Gasteiger charge is 2.39. The van der Waals surface area contributed by atoms with E-state index in [9.17, 15) is 22.8 Å². The molecule has 0 bridgehead atoms. The number of halogens is 3. The van der Waals surface area contributed by atoms with Crippen molar-refractivity contribution in [3.8, 4) is 0 Å². The smallest absolute Gasteiger partial charge is 0.454 e. The largest absolute Gasteiger partial charge is 0.469 e. The number of hydrogen-bond acceptors (Lipinski definition) is 3. The summed E-state index contributed by atoms with van der Waals surface area (Å²) in [7, 11) is 1.23. The molecular formula is C13H11F3O3. The van der Waals surface area contributed by atoms with Crippen molar-refractivity contribution in [2.45, 2.75) is 12.6 Å². The molecule has 0 amide bonds. The summed E-state index contributed by atoms with van der Waals surface area (Å²) < 4.78 is 41.1. The lowest BCUT2D eigenvalue weighted by molar-refractivity contribution is -0.139. The molecule has 0 heterocycles. The third-order valence-corrected chi connectivity index (χ3v) is 2.23. The molecule has 0 fully saturated rings. The molecule has 3 nitrogen and oxygen atoms in total. The second-order valence-corrected chi connectivity index (χ2v) is 3.63. The van der Waals surface area contributed by atoms with Gasteiger partial charge in [-0.1, -0.05) is 30.4 Å². The highest BCUT2D eigenvalue weighted by atomic mass is 19.4. The van der Waals surface area contributed by atoms with E-state index in [-0.39, 0.29) is 6.42 Å². The van der Waals surface area contributed by atoms with Gasteiger partial charge in [-0.15, -0.1) is 0 Å². The van der Waals surface area contributed by atoms with Gasteiger partial charge < -0.3 is 4.74 Å². The number of carbonyl (C=O) groups excluding carboxylic acids is 2. The van der Waals surface area contributed by atoms with Gasteiger partial charge in [-0.3, -0.25) is 9.59 Å². The van der Waals surface area contributed by atoms with Gasteiger partial charge in [0.1, 0.15) is 0 Å². The Morgan fingerprint density at radius 2 is 2.00 bits per heavy atom. The summed E-state index contributed by atoms with van der Waals surface area (Å²) in [5, 5.41) is 0. The summed E-state index contributed by atoms with van der Waals surface area (Å²) >= 11 is 0. The van der Waals surface area contributed by atoms with Crippen molar-refractivity contribution in [2.75, 3.05) is 7.11 Å². The van der Waals surface area contributed by atoms with Gasteiger partial charge in [0.25, 0.3) is 5.78 Å². The zero-order chi connectivity index (χ0) is 14.5. The molecule has 0 aliphatic rings. The Balaban J connectivity index is 2.83. The molecule has 1 rings (SSSR count). The molecule has 0 aromatic heterocycles. The van der Waals surface area contributed by atoms with Gasteiger partial charge in [0.2, 0.25) is 0 Å². The van der Waals surface area contributed by atoms with E-state index in [2.05, 4.69) is 4.74 Å². The molecule has 0 aliphatic carbocycles. The number of benzene rings is 1. The quantitative estimate of drug-likeness (QED) is 0.625. The minimum Gasteiger partial charge on any atom is -0.469 e. The molecule has 1 aromatic carbocycles. The Kier molecular flexibility index (Phi) is 4.86. The number of esters is 1. The Labute approximate surface area is 107 Å². The standard InChI is InChI=1S/C13H11F3O3/c1-19-11(17)7-3-5-9-4-2-6-10(8-9)12(18)13(14,15)16/h2-6,8H,7H2,1H3. The first-order chi connectivity index (χ1) is 8.84. The first-order valence-electron chi connectivity index (χ1n) is 5.29. The van der Waals surface area contributed by atoms with Crippen molar-refractivity contribution in [1.82, 2.24) is 0 Å². The lowest BCUT2D eigenvalue weighted by Gasteiger charge is -2.05. The van der Waals surface area contributed by atoms with Gasteiger partial charge in [0, 0.05) is 5.56 Å². The van der Waals surface area contributed by atoms with Gasteiger partial charge in [0.15, 0.2) is 0 Å². The molecule has 6 heteroatoms. The third-order valence-electron chi connectivity index (χ3n) is 2.23. The molecule has 0 saturated carbocycles. The Bertz CT molecular complexity index is 504. The first-order valence-corrected chi connectivity index (χ1v) is 5.29. The average Bonchev–Trinajstić information content (AvgIpc) is 2.37. The molecule has 19 heavy (non-hydrogen) atoms. The Morgan fingerprint density at radius 3 is 2.58 bits per heavy atom. The molecule has 0 saturated heterocycles. The molecule has 0 aliphatic heterocycles. The maximum atomic E-state index is 12.2. The molecule has 0 radical (unpaired) electrons. The van der Waals surface area contributed by atoms with Crippen molar-refractivity contribution in [3.05, 3.63) is 41.5 Å². The summed E-state index contributed by atoms with van der Waals surface area (Å²) in [5.41, 5.74) is -0.0354. The summed E-state index contributed by atoms with van der Waals surface area (Å²) in [6, 6.07) is 5.08. The van der Waals surface area contributed by atoms with Gasteiger partial charge in [-0.05, 0) is 11.6 Å². The number of alkyl halides is 3. The van der Waals surface area contributed by atoms with Crippen molar-refractivity contribution in [1.29, 1.82) is 0 Å². The fourth-order valence-electron chi connectivity index (χ4n) is 1.32. The topological polar surface area (TPSA) is 43.4 Å². The van der Waals surface area contributed by atoms with Crippen LogP contribution in [0.5, 0.6) is 0 Å². The molecular weight excluding hydrogens is 261 g/mol. The SMILES string of the molecule is COC(=O)CC=Cc1cccc(C(=O)C(F)(F)F)c1. The monoisotopic (exact) mass is 272 g/mol. The Hall–Kier alpha value is -2.11. The molecule has 1 aromatic rings. The second kappa shape index (κ2) is 6.17. The van der Waals surface area contributed by atoms with E-state index in [0.29, 0.717) is 5.56 Å². The van der Waals surface area contributed by atoms with Crippen molar-refractivity contribution in [2.24, 2.45) is 0 Å². The summed E-state index contributed by atoms with van der Waals surface area (Å²) in [6.07, 6.45) is -1.99. The van der Waals surface area contributed by atoms with E-state index < -0.39 is 23.5 Å². The maximum Gasteiger partial charge on any atom is 0.454 e. The van der Waals surface area contributed by atoms with Crippen LogP contribution in [0.2, 0.25) is 0 Å². The lowest BCUT2D eigenvalue weighted by Crippen LogP contribution is -2.22. The zero-order valence-electron chi connectivity index (χ0n) is 10.0. The number of methoxy groups -OCH3 is 1. The number of ether oxygens (including phenoxy) is 1. The van der Waals surface area contributed by atoms with Crippen LogP contribution in [0.3, 0.4) is 0 Å². The number of carbonyl (C=O) groups is 2. The van der Waals surface area contributed by atoms with Crippen LogP contribution < -0.4 is 0 Å². The van der Waals surface area contributed by atoms with Crippen LogP contribution in [0, 0.1) is 0 Å². The van der Waals surface area contributed by atoms with E-state index in [1.807, 2.05) is 0 Å². The Morgan fingerprint density at radius 1 is 1.32 bits per heavy atom.